The van der Waals surface area contributed by atoms with E-state index in [1.54, 1.807) is 0 Å². The highest BCUT2D eigenvalue weighted by atomic mass is 16.5. The Morgan fingerprint density at radius 1 is 0.306 bits per heavy atom. The first-order valence-electron chi connectivity index (χ1n) is 20.6. The van der Waals surface area contributed by atoms with Gasteiger partial charge in [0.15, 0.2) is 11.6 Å². The number of hydrogen-bond donors (Lipinski definition) is 0. The van der Waals surface area contributed by atoms with E-state index in [1.165, 1.54) is 0 Å². The number of benzene rings is 8. The van der Waals surface area contributed by atoms with Crippen molar-refractivity contribution in [2.75, 3.05) is 0 Å². The van der Waals surface area contributed by atoms with Crippen LogP contribution in [0.5, 0.6) is 11.5 Å². The summed E-state index contributed by atoms with van der Waals surface area (Å²) < 4.78 is 13.7. The largest absolute Gasteiger partial charge is 0.456 e. The van der Waals surface area contributed by atoms with Crippen LogP contribution in [0.1, 0.15) is 0 Å². The number of aromatic nitrogens is 4. The fraction of sp³-hybridized carbons (Fsp3) is 0. The zero-order valence-corrected chi connectivity index (χ0v) is 33.2. The van der Waals surface area contributed by atoms with Gasteiger partial charge in [-0.15, -0.1) is 0 Å². The predicted molar refractivity (Wildman–Crippen MR) is 248 cm³/mol. The highest BCUT2D eigenvalue weighted by Crippen LogP contribution is 2.50. The molecule has 62 heavy (non-hydrogen) atoms. The molecule has 0 atom stereocenters. The Kier molecular flexibility index (Phi) is 8.38. The van der Waals surface area contributed by atoms with Crippen molar-refractivity contribution in [1.29, 1.82) is 0 Å². The van der Waals surface area contributed by atoms with Gasteiger partial charge < -0.3 is 9.15 Å². The van der Waals surface area contributed by atoms with E-state index in [0.717, 1.165) is 106 Å². The molecule has 6 heteroatoms. The van der Waals surface area contributed by atoms with Crippen LogP contribution in [0.2, 0.25) is 0 Å². The van der Waals surface area contributed by atoms with E-state index in [9.17, 15) is 0 Å². The van der Waals surface area contributed by atoms with Crippen LogP contribution >= 0.6 is 0 Å². The molecule has 290 valence electrons. The number of nitrogens with zero attached hydrogens (tertiary/aromatic N) is 4. The minimum atomic E-state index is 0.571. The van der Waals surface area contributed by atoms with Crippen molar-refractivity contribution < 1.29 is 9.15 Å². The first-order chi connectivity index (χ1) is 30.7. The van der Waals surface area contributed by atoms with E-state index >= 15 is 0 Å². The quantitative estimate of drug-likeness (QED) is 0.177. The van der Waals surface area contributed by atoms with Crippen LogP contribution < -0.4 is 4.74 Å². The Labute approximate surface area is 357 Å². The van der Waals surface area contributed by atoms with Crippen molar-refractivity contribution in [3.05, 3.63) is 207 Å². The van der Waals surface area contributed by atoms with Crippen LogP contribution in [-0.4, -0.2) is 19.9 Å². The summed E-state index contributed by atoms with van der Waals surface area (Å²) >= 11 is 0. The van der Waals surface area contributed by atoms with E-state index in [0.29, 0.717) is 17.4 Å². The van der Waals surface area contributed by atoms with Gasteiger partial charge in [0.2, 0.25) is 0 Å². The lowest BCUT2D eigenvalue weighted by molar-refractivity contribution is 0.487. The Bertz CT molecular complexity index is 3490. The summed E-state index contributed by atoms with van der Waals surface area (Å²) in [6.45, 7) is 0. The van der Waals surface area contributed by atoms with E-state index in [1.807, 2.05) is 91.3 Å². The molecule has 0 radical (unpaired) electrons. The highest BCUT2D eigenvalue weighted by molar-refractivity contribution is 6.08. The molecule has 0 aliphatic carbocycles. The lowest BCUT2D eigenvalue weighted by Gasteiger charge is -2.18. The molecule has 6 nitrogen and oxygen atoms in total. The Morgan fingerprint density at radius 2 is 0.871 bits per heavy atom. The van der Waals surface area contributed by atoms with Crippen LogP contribution in [0.3, 0.4) is 0 Å². The zero-order chi connectivity index (χ0) is 41.0. The van der Waals surface area contributed by atoms with Gasteiger partial charge >= 0.3 is 0 Å². The summed E-state index contributed by atoms with van der Waals surface area (Å²) in [7, 11) is 0. The lowest BCUT2D eigenvalue weighted by atomic mass is 9.86. The molecule has 1 aliphatic heterocycles. The fourth-order valence-corrected chi connectivity index (χ4v) is 8.67. The number of ether oxygens (including phenoxy) is 1. The number of fused-ring (bicyclic) bond motifs is 12. The van der Waals surface area contributed by atoms with Gasteiger partial charge in [-0.3, -0.25) is 0 Å². The Hall–Kier alpha value is -8.48. The van der Waals surface area contributed by atoms with Gasteiger partial charge in [0.05, 0.1) is 11.4 Å². The molecule has 12 rings (SSSR count). The van der Waals surface area contributed by atoms with Crippen molar-refractivity contribution in [3.8, 4) is 101 Å². The number of para-hydroxylation sites is 2. The molecule has 0 unspecified atom stereocenters. The van der Waals surface area contributed by atoms with E-state index in [2.05, 4.69) is 115 Å². The molecular formula is C56H34N4O2. The second kappa shape index (κ2) is 14.7. The Balaban J connectivity index is 1.12. The average molecular weight is 795 g/mol. The van der Waals surface area contributed by atoms with Gasteiger partial charge in [0.25, 0.3) is 0 Å². The molecule has 3 aromatic heterocycles. The number of hydrogen-bond acceptors (Lipinski definition) is 6. The topological polar surface area (TPSA) is 73.9 Å². The molecule has 1 aliphatic rings. The summed E-state index contributed by atoms with van der Waals surface area (Å²) in [6, 6.07) is 66.6. The lowest BCUT2D eigenvalue weighted by Crippen LogP contribution is -1.98. The van der Waals surface area contributed by atoms with E-state index in [4.69, 9.17) is 29.1 Å². The second-order valence-electron chi connectivity index (χ2n) is 15.4. The van der Waals surface area contributed by atoms with Crippen LogP contribution in [0.4, 0.5) is 0 Å². The maximum Gasteiger partial charge on any atom is 0.160 e. The number of rotatable bonds is 4. The van der Waals surface area contributed by atoms with Crippen LogP contribution in [0.25, 0.3) is 112 Å². The van der Waals surface area contributed by atoms with Crippen LogP contribution in [0.15, 0.2) is 211 Å². The van der Waals surface area contributed by atoms with Gasteiger partial charge in [-0.25, -0.2) is 19.9 Å². The molecular weight excluding hydrogens is 761 g/mol. The molecule has 11 aromatic rings. The average Bonchev–Trinajstić information content (AvgIpc) is 3.71. The third-order valence-electron chi connectivity index (χ3n) is 11.7. The third-order valence-corrected chi connectivity index (χ3v) is 11.7. The molecule has 0 N–H and O–H groups in total. The molecule has 0 saturated carbocycles. The van der Waals surface area contributed by atoms with Gasteiger partial charge in [0.1, 0.15) is 22.7 Å². The van der Waals surface area contributed by atoms with E-state index < -0.39 is 0 Å². The molecule has 0 bridgehead atoms. The van der Waals surface area contributed by atoms with E-state index in [-0.39, 0.29) is 0 Å². The van der Waals surface area contributed by atoms with Crippen molar-refractivity contribution in [2.24, 2.45) is 0 Å². The maximum absolute atomic E-state index is 7.17. The SMILES string of the molecule is c1ccc(-c2cc(-c3cnc(-c4ccccc4)nc3)nc(-c3ccc4c(c3)-c3cc5oc6ccccc6c5cc3Oc3ccccc3-c3ccccc3-c3ccccc3-4)n2)cc1. The molecule has 8 aromatic carbocycles. The molecule has 4 heterocycles. The zero-order valence-electron chi connectivity index (χ0n) is 33.2. The van der Waals surface area contributed by atoms with Crippen molar-refractivity contribution in [3.63, 3.8) is 0 Å². The molecule has 0 fully saturated rings. The van der Waals surface area contributed by atoms with Gasteiger partial charge in [-0.1, -0.05) is 158 Å². The highest BCUT2D eigenvalue weighted by Gasteiger charge is 2.24. The van der Waals surface area contributed by atoms with Crippen LogP contribution in [0, 0.1) is 0 Å². The first kappa shape index (κ1) is 35.5. The fourth-order valence-electron chi connectivity index (χ4n) is 8.67. The summed E-state index contributed by atoms with van der Waals surface area (Å²) in [5.74, 6) is 2.69. The van der Waals surface area contributed by atoms with Gasteiger partial charge in [-0.2, -0.15) is 0 Å². The summed E-state index contributed by atoms with van der Waals surface area (Å²) in [6.07, 6.45) is 3.68. The summed E-state index contributed by atoms with van der Waals surface area (Å²) in [4.78, 5) is 20.0. The third kappa shape index (κ3) is 6.13. The van der Waals surface area contributed by atoms with Crippen molar-refractivity contribution in [1.82, 2.24) is 19.9 Å². The maximum atomic E-state index is 7.17. The first-order valence-corrected chi connectivity index (χ1v) is 20.6. The van der Waals surface area contributed by atoms with Crippen LogP contribution in [-0.2, 0) is 0 Å². The minimum absolute atomic E-state index is 0.571. The minimum Gasteiger partial charge on any atom is -0.456 e. The van der Waals surface area contributed by atoms with Crippen molar-refractivity contribution >= 4 is 21.9 Å². The summed E-state index contributed by atoms with van der Waals surface area (Å²) in [5, 5.41) is 2.01. The standard InChI is InChI=1S/C56H34N4O2/c1-3-15-35(16-4-1)49-32-50(38-33-57-55(58-34-38)36-17-5-2-6-18-36)60-56(59-49)37-27-28-43-41-21-8-7-19-39(41)40-20-9-10-22-42(40)44-23-11-13-25-51(44)61-54-30-47-45-24-12-14-26-52(45)62-53(47)31-48(54)46(43)29-37/h1-34H. The molecule has 0 spiro atoms. The smallest absolute Gasteiger partial charge is 0.160 e. The van der Waals surface area contributed by atoms with Crippen molar-refractivity contribution in [2.45, 2.75) is 0 Å². The Morgan fingerprint density at radius 3 is 1.58 bits per heavy atom. The second-order valence-corrected chi connectivity index (χ2v) is 15.4. The number of furan rings is 1. The monoisotopic (exact) mass is 794 g/mol. The molecule has 0 saturated heterocycles. The normalized spacial score (nSPS) is 11.7. The summed E-state index contributed by atoms with van der Waals surface area (Å²) in [5.41, 5.74) is 15.0. The predicted octanol–water partition coefficient (Wildman–Crippen LogP) is 14.6. The van der Waals surface area contributed by atoms with Gasteiger partial charge in [0, 0.05) is 56.5 Å². The van der Waals surface area contributed by atoms with Gasteiger partial charge in [-0.05, 0) is 69.8 Å². The molecule has 0 amide bonds.